The highest BCUT2D eigenvalue weighted by Crippen LogP contribution is 2.36. The molecular weight excluding hydrogens is 502 g/mol. The van der Waals surface area contributed by atoms with E-state index in [9.17, 15) is 27.5 Å². The number of benzene rings is 1. The predicted octanol–water partition coefficient (Wildman–Crippen LogP) is 6.28. The van der Waals surface area contributed by atoms with E-state index < -0.39 is 30.2 Å². The maximum atomic E-state index is 13.3. The van der Waals surface area contributed by atoms with Gasteiger partial charge in [-0.1, -0.05) is 42.5 Å². The number of alkyl halides is 4. The van der Waals surface area contributed by atoms with Crippen LogP contribution in [0, 0.1) is 12.8 Å². The molecular formula is C27H27F4N5O2. The molecule has 2 aromatic heterocycles. The summed E-state index contributed by atoms with van der Waals surface area (Å²) in [6.07, 6.45) is 0.579. The zero-order valence-electron chi connectivity index (χ0n) is 20.9. The number of nitrogens with one attached hydrogen (secondary N) is 1. The third-order valence-corrected chi connectivity index (χ3v) is 6.25. The quantitative estimate of drug-likeness (QED) is 0.237. The molecule has 2 heterocycles. The predicted molar refractivity (Wildman–Crippen MR) is 137 cm³/mol. The van der Waals surface area contributed by atoms with Crippen molar-refractivity contribution in [3.63, 3.8) is 0 Å². The number of rotatable bonds is 10. The minimum atomic E-state index is -4.67. The fourth-order valence-electron chi connectivity index (χ4n) is 4.15. The Bertz CT molecular complexity index is 1440. The lowest BCUT2D eigenvalue weighted by molar-refractivity contribution is -0.0878. The fraction of sp³-hybridized carbons (Fsp3) is 0.333. The summed E-state index contributed by atoms with van der Waals surface area (Å²) in [5.41, 5.74) is 0.977. The maximum Gasteiger partial charge on any atom is 0.415 e. The van der Waals surface area contributed by atoms with Gasteiger partial charge >= 0.3 is 12.1 Å². The number of carboxylic acid groups (broad SMARTS) is 1. The molecule has 0 bridgehead atoms. The Hall–Kier alpha value is -4.02. The highest BCUT2D eigenvalue weighted by atomic mass is 19.4. The molecule has 0 unspecified atom stereocenters. The maximum absolute atomic E-state index is 13.3. The van der Waals surface area contributed by atoms with Gasteiger partial charge in [-0.15, -0.1) is 0 Å². The Morgan fingerprint density at radius 1 is 1.29 bits per heavy atom. The van der Waals surface area contributed by atoms with E-state index in [2.05, 4.69) is 26.8 Å². The van der Waals surface area contributed by atoms with Crippen molar-refractivity contribution >= 4 is 23.0 Å². The Kier molecular flexibility index (Phi) is 7.66. The Balaban J connectivity index is 1.96. The normalized spacial score (nSPS) is 15.3. The van der Waals surface area contributed by atoms with E-state index in [0.29, 0.717) is 22.8 Å². The van der Waals surface area contributed by atoms with E-state index in [1.54, 1.807) is 10.6 Å². The van der Waals surface area contributed by atoms with Crippen LogP contribution in [0.2, 0.25) is 0 Å². The van der Waals surface area contributed by atoms with Crippen LogP contribution in [0.3, 0.4) is 0 Å². The molecule has 2 N–H and O–H groups in total. The smallest absolute Gasteiger partial charge is 0.415 e. The van der Waals surface area contributed by atoms with Gasteiger partial charge in [0.25, 0.3) is 0 Å². The number of aromatic nitrogens is 4. The van der Waals surface area contributed by atoms with Gasteiger partial charge in [0.05, 0.1) is 0 Å². The number of carbonyl (C=O) groups is 1. The van der Waals surface area contributed by atoms with Crippen molar-refractivity contribution in [2.45, 2.75) is 45.5 Å². The van der Waals surface area contributed by atoms with Crippen LogP contribution < -0.4 is 5.32 Å². The van der Waals surface area contributed by atoms with Gasteiger partial charge in [-0.05, 0) is 50.3 Å². The summed E-state index contributed by atoms with van der Waals surface area (Å²) in [6, 6.07) is 7.28. The minimum absolute atomic E-state index is 0.0352. The highest BCUT2D eigenvalue weighted by Gasteiger charge is 2.32. The molecule has 0 spiro atoms. The summed E-state index contributed by atoms with van der Waals surface area (Å²) in [5.74, 6) is -0.851. The summed E-state index contributed by atoms with van der Waals surface area (Å²) in [7, 11) is 0. The second kappa shape index (κ2) is 10.8. The van der Waals surface area contributed by atoms with Gasteiger partial charge < -0.3 is 15.0 Å². The number of fused-ring (bicyclic) bond motifs is 1. The topological polar surface area (TPSA) is 92.9 Å². The summed E-state index contributed by atoms with van der Waals surface area (Å²) >= 11 is 0. The van der Waals surface area contributed by atoms with Crippen molar-refractivity contribution < 1.29 is 27.5 Å². The first-order valence-electron chi connectivity index (χ1n) is 12.0. The number of anilines is 1. The molecule has 0 radical (unpaired) electrons. The van der Waals surface area contributed by atoms with Crippen LogP contribution >= 0.6 is 0 Å². The van der Waals surface area contributed by atoms with E-state index in [-0.39, 0.29) is 29.6 Å². The van der Waals surface area contributed by atoms with E-state index in [4.69, 9.17) is 0 Å². The third kappa shape index (κ3) is 6.09. The average molecular weight is 530 g/mol. The van der Waals surface area contributed by atoms with Crippen molar-refractivity contribution in [1.29, 1.82) is 0 Å². The van der Waals surface area contributed by atoms with Crippen LogP contribution in [0.1, 0.15) is 35.9 Å². The number of halogens is 4. The fourth-order valence-corrected chi connectivity index (χ4v) is 4.15. The number of nitrogens with zero attached hydrogens (tertiary/aromatic N) is 4. The average Bonchev–Trinajstić information content (AvgIpc) is 3.64. The minimum Gasteiger partial charge on any atom is -0.475 e. The zero-order chi connectivity index (χ0) is 27.6. The number of hydrogen-bond acceptors (Lipinski definition) is 5. The number of hydrogen-bond donors (Lipinski definition) is 2. The number of allylic oxidation sites excluding steroid dienone is 5. The second-order valence-corrected chi connectivity index (χ2v) is 9.33. The number of carboxylic acids is 1. The summed E-state index contributed by atoms with van der Waals surface area (Å²) in [5, 5.41) is 12.9. The van der Waals surface area contributed by atoms with Crippen molar-refractivity contribution in [2.75, 3.05) is 12.0 Å². The van der Waals surface area contributed by atoms with Gasteiger partial charge in [-0.2, -0.15) is 13.2 Å². The van der Waals surface area contributed by atoms with Gasteiger partial charge in [0.15, 0.2) is 11.5 Å². The molecule has 0 amide bonds. The molecule has 0 aliphatic heterocycles. The molecule has 1 saturated carbocycles. The SMILES string of the molecule is C=C(/C=C(\C=C/CF)Cn1c(-c2cccc(C)c2)nc2nc(C(=O)O)nc(N[C@H](C)C3CC3)c21)C(F)(F)F. The molecule has 7 nitrogen and oxygen atoms in total. The molecule has 200 valence electrons. The van der Waals surface area contributed by atoms with E-state index in [1.807, 2.05) is 32.0 Å². The molecule has 1 aromatic carbocycles. The molecule has 4 rings (SSSR count). The number of aryl methyl sites for hydroxylation is 1. The van der Waals surface area contributed by atoms with Crippen LogP contribution in [-0.4, -0.2) is 49.5 Å². The van der Waals surface area contributed by atoms with E-state index in [0.717, 1.165) is 30.6 Å². The Morgan fingerprint density at radius 3 is 2.63 bits per heavy atom. The van der Waals surface area contributed by atoms with Crippen LogP contribution in [0.15, 0.2) is 60.2 Å². The summed E-state index contributed by atoms with van der Waals surface area (Å²) in [4.78, 5) is 24.7. The van der Waals surface area contributed by atoms with Gasteiger partial charge in [0, 0.05) is 23.7 Å². The van der Waals surface area contributed by atoms with Crippen LogP contribution in [0.4, 0.5) is 23.4 Å². The standard InChI is InChI=1S/C27H27F4N5O2/c1-15-6-4-8-20(12-15)25-35-23-21(22(32-17(3)19-9-10-19)33-24(34-23)26(37)38)36(25)14-18(7-5-11-28)13-16(2)27(29,30)31/h4-8,12-13,17,19H,2,9-11,14H2,1,3H3,(H,37,38)(H,32,33,34)/b7-5-,18-13+/t17-/m1/s1. The second-order valence-electron chi connectivity index (χ2n) is 9.33. The van der Waals surface area contributed by atoms with Crippen LogP contribution in [0.25, 0.3) is 22.6 Å². The molecule has 38 heavy (non-hydrogen) atoms. The molecule has 3 aromatic rings. The first kappa shape index (κ1) is 27.0. The van der Waals surface area contributed by atoms with Crippen molar-refractivity contribution in [1.82, 2.24) is 19.5 Å². The largest absolute Gasteiger partial charge is 0.475 e. The van der Waals surface area contributed by atoms with Crippen LogP contribution in [0.5, 0.6) is 0 Å². The summed E-state index contributed by atoms with van der Waals surface area (Å²) < 4.78 is 54.6. The lowest BCUT2D eigenvalue weighted by Gasteiger charge is -2.17. The number of aromatic carboxylic acids is 1. The lowest BCUT2D eigenvalue weighted by atomic mass is 10.1. The molecule has 1 aliphatic rings. The first-order valence-corrected chi connectivity index (χ1v) is 12.0. The number of imidazole rings is 1. The van der Waals surface area contributed by atoms with Crippen LogP contribution in [-0.2, 0) is 6.54 Å². The van der Waals surface area contributed by atoms with Gasteiger partial charge in [-0.25, -0.2) is 24.1 Å². The summed E-state index contributed by atoms with van der Waals surface area (Å²) in [6.45, 7) is 5.92. The Morgan fingerprint density at radius 2 is 2.03 bits per heavy atom. The monoisotopic (exact) mass is 529 g/mol. The van der Waals surface area contributed by atoms with Gasteiger partial charge in [0.1, 0.15) is 18.0 Å². The third-order valence-electron chi connectivity index (χ3n) is 6.25. The first-order chi connectivity index (χ1) is 18.0. The lowest BCUT2D eigenvalue weighted by Crippen LogP contribution is -2.20. The molecule has 0 saturated heterocycles. The van der Waals surface area contributed by atoms with Crippen molar-refractivity contribution in [3.8, 4) is 11.4 Å². The molecule has 1 aliphatic carbocycles. The van der Waals surface area contributed by atoms with Gasteiger partial charge in [-0.3, -0.25) is 0 Å². The molecule has 1 fully saturated rings. The Labute approximate surface area is 216 Å². The van der Waals surface area contributed by atoms with Crippen molar-refractivity contribution in [2.24, 2.45) is 5.92 Å². The zero-order valence-corrected chi connectivity index (χ0v) is 20.9. The highest BCUT2D eigenvalue weighted by molar-refractivity contribution is 5.92. The van der Waals surface area contributed by atoms with E-state index >= 15 is 0 Å². The van der Waals surface area contributed by atoms with E-state index in [1.165, 1.54) is 6.08 Å². The molecule has 1 atom stereocenters. The molecule has 11 heteroatoms. The van der Waals surface area contributed by atoms with Gasteiger partial charge in [0.2, 0.25) is 5.82 Å². The van der Waals surface area contributed by atoms with Crippen molar-refractivity contribution in [3.05, 3.63) is 71.6 Å².